The Bertz CT molecular complexity index is 445. The minimum absolute atomic E-state index is 0.0385. The van der Waals surface area contributed by atoms with Crippen LogP contribution in [-0.2, 0) is 7.05 Å². The monoisotopic (exact) mass is 297 g/mol. The summed E-state index contributed by atoms with van der Waals surface area (Å²) in [6.45, 7) is 4.37. The van der Waals surface area contributed by atoms with E-state index in [1.165, 1.54) is 0 Å². The Morgan fingerprint density at radius 1 is 1.65 bits per heavy atom. The summed E-state index contributed by atoms with van der Waals surface area (Å²) in [6.07, 6.45) is 2.20. The zero-order chi connectivity index (χ0) is 13.0. The van der Waals surface area contributed by atoms with Crippen molar-refractivity contribution in [2.45, 2.75) is 26.3 Å². The number of rotatable bonds is 4. The first-order chi connectivity index (χ1) is 7.97. The largest absolute Gasteiger partial charge is 0.345 e. The molecule has 1 amide bonds. The molecule has 0 N–H and O–H groups in total. The molecule has 92 valence electrons. The first kappa shape index (κ1) is 13.8. The topological polar surface area (TPSA) is 49.0 Å². The third-order valence-electron chi connectivity index (χ3n) is 2.54. The van der Waals surface area contributed by atoms with Crippen LogP contribution in [0.5, 0.6) is 0 Å². The number of nitrogens with zero attached hydrogens (tertiary/aromatic N) is 3. The van der Waals surface area contributed by atoms with Crippen molar-refractivity contribution in [1.82, 2.24) is 9.47 Å². The third-order valence-corrected chi connectivity index (χ3v) is 2.97. The molecule has 0 saturated carbocycles. The second-order valence-corrected chi connectivity index (χ2v) is 5.07. The molecule has 0 aliphatic heterocycles. The Kier molecular flexibility index (Phi) is 4.76. The van der Waals surface area contributed by atoms with Gasteiger partial charge in [-0.15, -0.1) is 0 Å². The maximum atomic E-state index is 12.3. The smallest absolute Gasteiger partial charge is 0.270 e. The average Bonchev–Trinajstić information content (AvgIpc) is 2.57. The van der Waals surface area contributed by atoms with Crippen LogP contribution < -0.4 is 0 Å². The van der Waals surface area contributed by atoms with Gasteiger partial charge in [-0.1, -0.05) is 0 Å². The van der Waals surface area contributed by atoms with Gasteiger partial charge in [-0.25, -0.2) is 0 Å². The number of amides is 1. The zero-order valence-electron chi connectivity index (χ0n) is 10.3. The highest BCUT2D eigenvalue weighted by Crippen LogP contribution is 2.16. The van der Waals surface area contributed by atoms with E-state index in [4.69, 9.17) is 5.26 Å². The molecular weight excluding hydrogens is 282 g/mol. The number of carbonyl (C=O) groups excluding carboxylic acids is 1. The van der Waals surface area contributed by atoms with E-state index in [0.717, 1.165) is 4.47 Å². The Hall–Kier alpha value is -1.28. The van der Waals surface area contributed by atoms with Crippen molar-refractivity contribution >= 4 is 21.8 Å². The Labute approximate surface area is 110 Å². The van der Waals surface area contributed by atoms with E-state index in [-0.39, 0.29) is 11.9 Å². The normalized spacial score (nSPS) is 10.4. The molecule has 1 heterocycles. The summed E-state index contributed by atoms with van der Waals surface area (Å²) in [5.74, 6) is -0.0385. The first-order valence-corrected chi connectivity index (χ1v) is 6.26. The lowest BCUT2D eigenvalue weighted by Gasteiger charge is -2.25. The van der Waals surface area contributed by atoms with E-state index >= 15 is 0 Å². The molecule has 0 fully saturated rings. The molecule has 0 atom stereocenters. The van der Waals surface area contributed by atoms with Crippen molar-refractivity contribution in [2.24, 2.45) is 7.05 Å². The maximum absolute atomic E-state index is 12.3. The molecule has 0 radical (unpaired) electrons. The number of carbonyl (C=O) groups is 1. The van der Waals surface area contributed by atoms with Gasteiger partial charge in [-0.3, -0.25) is 4.79 Å². The summed E-state index contributed by atoms with van der Waals surface area (Å²) in [4.78, 5) is 14.0. The molecule has 0 unspecified atom stereocenters. The van der Waals surface area contributed by atoms with Gasteiger partial charge in [0.05, 0.1) is 12.5 Å². The van der Waals surface area contributed by atoms with Crippen molar-refractivity contribution in [3.05, 3.63) is 22.4 Å². The molecule has 1 aromatic rings. The molecule has 0 spiro atoms. The Balaban J connectivity index is 2.92. The van der Waals surface area contributed by atoms with Crippen LogP contribution in [0.15, 0.2) is 16.7 Å². The van der Waals surface area contributed by atoms with Gasteiger partial charge in [-0.05, 0) is 35.8 Å². The molecule has 1 aromatic heterocycles. The fourth-order valence-corrected chi connectivity index (χ4v) is 2.17. The van der Waals surface area contributed by atoms with Gasteiger partial charge < -0.3 is 9.47 Å². The fourth-order valence-electron chi connectivity index (χ4n) is 1.65. The minimum Gasteiger partial charge on any atom is -0.345 e. The van der Waals surface area contributed by atoms with Gasteiger partial charge in [0.15, 0.2) is 0 Å². The molecule has 4 nitrogen and oxygen atoms in total. The number of hydrogen-bond donors (Lipinski definition) is 0. The second kappa shape index (κ2) is 5.87. The number of halogens is 1. The molecule has 0 bridgehead atoms. The van der Waals surface area contributed by atoms with Crippen LogP contribution in [0, 0.1) is 11.3 Å². The molecule has 5 heteroatoms. The van der Waals surface area contributed by atoms with Gasteiger partial charge in [0, 0.05) is 30.3 Å². The molecule has 0 aliphatic carbocycles. The third kappa shape index (κ3) is 3.34. The van der Waals surface area contributed by atoms with Crippen molar-refractivity contribution in [2.75, 3.05) is 6.54 Å². The molecule has 0 saturated heterocycles. The van der Waals surface area contributed by atoms with E-state index in [1.807, 2.05) is 27.1 Å². The van der Waals surface area contributed by atoms with Crippen molar-refractivity contribution in [1.29, 1.82) is 5.26 Å². The molecular formula is C12H16BrN3O. The van der Waals surface area contributed by atoms with Crippen LogP contribution in [0.25, 0.3) is 0 Å². The number of nitriles is 1. The van der Waals surface area contributed by atoms with Gasteiger partial charge in [0.1, 0.15) is 5.69 Å². The summed E-state index contributed by atoms with van der Waals surface area (Å²) in [5.41, 5.74) is 0.628. The lowest BCUT2D eigenvalue weighted by atomic mass is 10.2. The number of aryl methyl sites for hydroxylation is 1. The van der Waals surface area contributed by atoms with Crippen molar-refractivity contribution in [3.63, 3.8) is 0 Å². The van der Waals surface area contributed by atoms with Crippen LogP contribution >= 0.6 is 15.9 Å². The zero-order valence-corrected chi connectivity index (χ0v) is 11.9. The van der Waals surface area contributed by atoms with Crippen LogP contribution in [0.2, 0.25) is 0 Å². The van der Waals surface area contributed by atoms with Gasteiger partial charge in [0.25, 0.3) is 5.91 Å². The maximum Gasteiger partial charge on any atom is 0.270 e. The summed E-state index contributed by atoms with van der Waals surface area (Å²) in [6, 6.07) is 3.95. The highest BCUT2D eigenvalue weighted by atomic mass is 79.9. The lowest BCUT2D eigenvalue weighted by molar-refractivity contribution is 0.0700. The minimum atomic E-state index is -0.0385. The van der Waals surface area contributed by atoms with Crippen LogP contribution in [0.4, 0.5) is 0 Å². The second-order valence-electron chi connectivity index (χ2n) is 4.15. The van der Waals surface area contributed by atoms with E-state index in [0.29, 0.717) is 18.7 Å². The predicted molar refractivity (Wildman–Crippen MR) is 69.5 cm³/mol. The van der Waals surface area contributed by atoms with E-state index in [9.17, 15) is 4.79 Å². The van der Waals surface area contributed by atoms with E-state index in [2.05, 4.69) is 22.0 Å². The van der Waals surface area contributed by atoms with Crippen molar-refractivity contribution in [3.8, 4) is 6.07 Å². The van der Waals surface area contributed by atoms with Gasteiger partial charge in [0.2, 0.25) is 0 Å². The molecule has 17 heavy (non-hydrogen) atoms. The first-order valence-electron chi connectivity index (χ1n) is 5.47. The lowest BCUT2D eigenvalue weighted by Crippen LogP contribution is -2.38. The molecule has 0 aromatic carbocycles. The molecule has 1 rings (SSSR count). The quantitative estimate of drug-likeness (QED) is 0.857. The summed E-state index contributed by atoms with van der Waals surface area (Å²) in [5, 5.41) is 8.61. The van der Waals surface area contributed by atoms with Crippen LogP contribution in [-0.4, -0.2) is 28.0 Å². The summed E-state index contributed by atoms with van der Waals surface area (Å²) < 4.78 is 2.67. The number of hydrogen-bond acceptors (Lipinski definition) is 2. The van der Waals surface area contributed by atoms with Gasteiger partial charge >= 0.3 is 0 Å². The highest BCUT2D eigenvalue weighted by Gasteiger charge is 2.20. The fraction of sp³-hybridized carbons (Fsp3) is 0.500. The average molecular weight is 298 g/mol. The predicted octanol–water partition coefficient (Wildman–Crippen LogP) is 2.55. The highest BCUT2D eigenvalue weighted by molar-refractivity contribution is 9.10. The Morgan fingerprint density at radius 3 is 2.71 bits per heavy atom. The standard InChI is InChI=1S/C12H16BrN3O/c1-9(2)16(6-4-5-14)12(17)11-7-10(13)8-15(11)3/h7-9H,4,6H2,1-3H3. The van der Waals surface area contributed by atoms with Crippen molar-refractivity contribution < 1.29 is 4.79 Å². The van der Waals surface area contributed by atoms with Crippen LogP contribution in [0.1, 0.15) is 30.8 Å². The molecule has 0 aliphatic rings. The summed E-state index contributed by atoms with van der Waals surface area (Å²) in [7, 11) is 1.83. The van der Waals surface area contributed by atoms with E-state index in [1.54, 1.807) is 15.5 Å². The number of aromatic nitrogens is 1. The Morgan fingerprint density at radius 2 is 2.29 bits per heavy atom. The van der Waals surface area contributed by atoms with E-state index < -0.39 is 0 Å². The summed E-state index contributed by atoms with van der Waals surface area (Å²) >= 11 is 3.35. The van der Waals surface area contributed by atoms with Gasteiger partial charge in [-0.2, -0.15) is 5.26 Å². The van der Waals surface area contributed by atoms with Crippen LogP contribution in [0.3, 0.4) is 0 Å². The SMILES string of the molecule is CC(C)N(CCC#N)C(=O)c1cc(Br)cn1C.